The molecule has 2 aromatic rings. The van der Waals surface area contributed by atoms with Crippen LogP contribution in [0.1, 0.15) is 71.3 Å². The summed E-state index contributed by atoms with van der Waals surface area (Å²) >= 11 is 0. The third-order valence-corrected chi connectivity index (χ3v) is 4.35. The van der Waals surface area contributed by atoms with E-state index < -0.39 is 5.97 Å². The minimum Gasteiger partial charge on any atom is -0.494 e. The van der Waals surface area contributed by atoms with E-state index >= 15 is 0 Å². The first kappa shape index (κ1) is 30.9. The Morgan fingerprint density at radius 2 is 1.47 bits per heavy atom. The molecule has 176 valence electrons. The summed E-state index contributed by atoms with van der Waals surface area (Å²) in [5, 5.41) is 8.78. The van der Waals surface area contributed by atoms with E-state index in [1.165, 1.54) is 0 Å². The smallest absolute Gasteiger partial charge is 0.343 e. The summed E-state index contributed by atoms with van der Waals surface area (Å²) in [4.78, 5) is 23.7. The van der Waals surface area contributed by atoms with Gasteiger partial charge in [-0.25, -0.2) is 4.79 Å². The summed E-state index contributed by atoms with van der Waals surface area (Å²) < 4.78 is 16.1. The van der Waals surface area contributed by atoms with Crippen molar-refractivity contribution in [3.63, 3.8) is 0 Å². The van der Waals surface area contributed by atoms with Crippen LogP contribution in [0.25, 0.3) is 0 Å². The van der Waals surface area contributed by atoms with Crippen molar-refractivity contribution in [2.45, 2.75) is 55.4 Å². The van der Waals surface area contributed by atoms with E-state index in [-0.39, 0.29) is 34.2 Å². The fourth-order valence-electron chi connectivity index (χ4n) is 2.33. The molecule has 1 atom stereocenters. The highest BCUT2D eigenvalue weighted by atomic mass is 16.5. The zero-order valence-corrected chi connectivity index (χ0v) is 16.7. The first-order chi connectivity index (χ1) is 14.0. The molecule has 0 aliphatic rings. The van der Waals surface area contributed by atoms with Gasteiger partial charge in [-0.2, -0.15) is 5.26 Å². The molecule has 2 rings (SSSR count). The third-order valence-electron chi connectivity index (χ3n) is 4.35. The molecule has 0 radical (unpaired) electrons. The highest BCUT2D eigenvalue weighted by molar-refractivity contribution is 5.91. The van der Waals surface area contributed by atoms with Crippen LogP contribution in [-0.2, 0) is 9.53 Å². The number of carbonyl (C=O) groups excluding carboxylic acids is 2. The molecule has 0 N–H and O–H groups in total. The van der Waals surface area contributed by atoms with Gasteiger partial charge >= 0.3 is 11.9 Å². The molecule has 0 spiro atoms. The first-order valence-electron chi connectivity index (χ1n) is 9.65. The number of hydrogen-bond donors (Lipinski definition) is 0. The van der Waals surface area contributed by atoms with Gasteiger partial charge in [-0.15, -0.1) is 0 Å². The number of carbonyl (C=O) groups is 2. The van der Waals surface area contributed by atoms with Gasteiger partial charge in [-0.05, 0) is 67.8 Å². The normalized spacial score (nSPS) is 10.2. The van der Waals surface area contributed by atoms with E-state index in [2.05, 4.69) is 0 Å². The van der Waals surface area contributed by atoms with Gasteiger partial charge in [0.15, 0.2) is 0 Å². The van der Waals surface area contributed by atoms with E-state index in [0.29, 0.717) is 35.8 Å². The van der Waals surface area contributed by atoms with Crippen LogP contribution in [0.15, 0.2) is 48.5 Å². The van der Waals surface area contributed by atoms with Crippen molar-refractivity contribution < 1.29 is 23.8 Å². The molecule has 6 heteroatoms. The molecule has 0 aromatic heterocycles. The van der Waals surface area contributed by atoms with Crippen molar-refractivity contribution in [1.29, 1.82) is 5.26 Å². The summed E-state index contributed by atoms with van der Waals surface area (Å²) in [6.45, 7) is 4.70. The second kappa shape index (κ2) is 16.4. The molecular weight excluding hydrogens is 406 g/mol. The number of rotatable bonds is 10. The van der Waals surface area contributed by atoms with Crippen molar-refractivity contribution in [2.24, 2.45) is 5.92 Å². The predicted molar refractivity (Wildman–Crippen MR) is 128 cm³/mol. The summed E-state index contributed by atoms with van der Waals surface area (Å²) in [5.41, 5.74) is 0.902. The Bertz CT molecular complexity index is 838. The van der Waals surface area contributed by atoms with Crippen molar-refractivity contribution in [3.05, 3.63) is 59.7 Å². The SMILES string of the molecule is C.C.C.CCC(C)C(=O)OCCCCOc1ccc(C(=O)Oc2ccc(C#N)cc2)cc1. The molecule has 0 fully saturated rings. The molecule has 6 nitrogen and oxygen atoms in total. The highest BCUT2D eigenvalue weighted by Gasteiger charge is 2.11. The molecule has 0 aliphatic carbocycles. The lowest BCUT2D eigenvalue weighted by Gasteiger charge is -2.10. The second-order valence-electron chi connectivity index (χ2n) is 6.58. The van der Waals surface area contributed by atoms with Crippen molar-refractivity contribution in [1.82, 2.24) is 0 Å². The van der Waals surface area contributed by atoms with Gasteiger partial charge in [0, 0.05) is 0 Å². The number of ether oxygens (including phenoxy) is 3. The van der Waals surface area contributed by atoms with Crippen molar-refractivity contribution >= 4 is 11.9 Å². The van der Waals surface area contributed by atoms with E-state index in [9.17, 15) is 9.59 Å². The maximum atomic E-state index is 12.2. The number of hydrogen-bond acceptors (Lipinski definition) is 6. The Hall–Kier alpha value is -3.33. The quantitative estimate of drug-likeness (QED) is 0.239. The Balaban J connectivity index is 0. The number of nitrogens with zero attached hydrogens (tertiary/aromatic N) is 1. The zero-order valence-electron chi connectivity index (χ0n) is 16.7. The maximum absolute atomic E-state index is 12.2. The Labute approximate surface area is 193 Å². The lowest BCUT2D eigenvalue weighted by molar-refractivity contribution is -0.148. The fourth-order valence-corrected chi connectivity index (χ4v) is 2.33. The first-order valence-corrected chi connectivity index (χ1v) is 9.65. The van der Waals surface area contributed by atoms with Gasteiger partial charge in [0.1, 0.15) is 11.5 Å². The average Bonchev–Trinajstić information content (AvgIpc) is 2.76. The Kier molecular flexibility index (Phi) is 15.8. The van der Waals surface area contributed by atoms with Gasteiger partial charge in [0.05, 0.1) is 36.3 Å². The van der Waals surface area contributed by atoms with Gasteiger partial charge in [-0.3, -0.25) is 4.79 Å². The molecule has 32 heavy (non-hydrogen) atoms. The average molecular weight is 444 g/mol. The van der Waals surface area contributed by atoms with Crippen LogP contribution in [0, 0.1) is 17.2 Å². The Morgan fingerprint density at radius 1 is 0.906 bits per heavy atom. The Morgan fingerprint density at radius 3 is 2.03 bits per heavy atom. The molecule has 0 saturated heterocycles. The summed E-state index contributed by atoms with van der Waals surface area (Å²) in [6.07, 6.45) is 2.27. The molecule has 0 amide bonds. The summed E-state index contributed by atoms with van der Waals surface area (Å²) in [7, 11) is 0. The molecule has 0 bridgehead atoms. The molecule has 0 heterocycles. The van der Waals surface area contributed by atoms with Crippen molar-refractivity contribution in [2.75, 3.05) is 13.2 Å². The van der Waals surface area contributed by atoms with Crippen LogP contribution in [0.2, 0.25) is 0 Å². The van der Waals surface area contributed by atoms with Crippen LogP contribution >= 0.6 is 0 Å². The highest BCUT2D eigenvalue weighted by Crippen LogP contribution is 2.17. The van der Waals surface area contributed by atoms with Crippen molar-refractivity contribution in [3.8, 4) is 17.6 Å². The fraction of sp³-hybridized carbons (Fsp3) is 0.423. The van der Waals surface area contributed by atoms with Gasteiger partial charge in [-0.1, -0.05) is 36.1 Å². The maximum Gasteiger partial charge on any atom is 0.343 e. The third kappa shape index (κ3) is 10.1. The van der Waals surface area contributed by atoms with E-state index in [4.69, 9.17) is 19.5 Å². The molecule has 1 unspecified atom stereocenters. The van der Waals surface area contributed by atoms with Gasteiger partial charge in [0.25, 0.3) is 0 Å². The summed E-state index contributed by atoms with van der Waals surface area (Å²) in [6, 6.07) is 15.0. The lowest BCUT2D eigenvalue weighted by atomic mass is 10.1. The van der Waals surface area contributed by atoms with Gasteiger partial charge < -0.3 is 14.2 Å². The molecule has 0 aliphatic heterocycles. The van der Waals surface area contributed by atoms with Gasteiger partial charge in [0.2, 0.25) is 0 Å². The monoisotopic (exact) mass is 443 g/mol. The van der Waals surface area contributed by atoms with Crippen LogP contribution in [0.4, 0.5) is 0 Å². The van der Waals surface area contributed by atoms with E-state index in [1.54, 1.807) is 48.5 Å². The number of esters is 2. The summed E-state index contributed by atoms with van der Waals surface area (Å²) in [5.74, 6) is 0.328. The number of benzene rings is 2. The largest absolute Gasteiger partial charge is 0.494 e. The molecular formula is C26H37NO5. The molecule has 2 aromatic carbocycles. The second-order valence-corrected chi connectivity index (χ2v) is 6.58. The lowest BCUT2D eigenvalue weighted by Crippen LogP contribution is -2.15. The minimum absolute atomic E-state index is 0. The standard InChI is InChI=1S/C23H25NO5.3CH4/c1-3-17(2)22(25)28-15-5-4-14-27-20-12-8-19(9-13-20)23(26)29-21-10-6-18(16-24)7-11-21;;;/h6-13,17H,3-5,14-15H2,1-2H3;3*1H4. The number of unbranched alkanes of at least 4 members (excludes halogenated alkanes) is 1. The van der Waals surface area contributed by atoms with E-state index in [1.807, 2.05) is 19.9 Å². The topological polar surface area (TPSA) is 85.6 Å². The number of nitriles is 1. The van der Waals surface area contributed by atoms with Crippen LogP contribution in [-0.4, -0.2) is 25.2 Å². The van der Waals surface area contributed by atoms with E-state index in [0.717, 1.165) is 19.3 Å². The predicted octanol–water partition coefficient (Wildman–Crippen LogP) is 6.43. The molecule has 0 saturated carbocycles. The van der Waals surface area contributed by atoms with Crippen LogP contribution in [0.3, 0.4) is 0 Å². The van der Waals surface area contributed by atoms with Crippen LogP contribution in [0.5, 0.6) is 11.5 Å². The van der Waals surface area contributed by atoms with Crippen LogP contribution < -0.4 is 9.47 Å². The minimum atomic E-state index is -0.482. The zero-order chi connectivity index (χ0) is 21.1.